The number of nitrogens with one attached hydrogen (secondary N) is 1. The van der Waals surface area contributed by atoms with Crippen LogP contribution in [0.1, 0.15) is 44.0 Å². The second-order valence-electron chi connectivity index (χ2n) is 8.25. The lowest BCUT2D eigenvalue weighted by molar-refractivity contribution is 0.00963. The van der Waals surface area contributed by atoms with Gasteiger partial charge in [0.1, 0.15) is 24.9 Å². The summed E-state index contributed by atoms with van der Waals surface area (Å²) in [7, 11) is 1.64. The minimum Gasteiger partial charge on any atom is -0.501 e. The summed E-state index contributed by atoms with van der Waals surface area (Å²) in [6.45, 7) is 9.02. The molecule has 1 aliphatic heterocycles. The molecule has 2 heterocycles. The first-order chi connectivity index (χ1) is 16.9. The number of aryl methyl sites for hydroxylation is 1. The topological polar surface area (TPSA) is 68.7 Å². The van der Waals surface area contributed by atoms with E-state index >= 15 is 0 Å². The molecule has 1 N–H and O–H groups in total. The van der Waals surface area contributed by atoms with Crippen LogP contribution in [0.2, 0.25) is 5.02 Å². The molecule has 1 unspecified atom stereocenters. The van der Waals surface area contributed by atoms with Crippen molar-refractivity contribution in [3.63, 3.8) is 0 Å². The number of hydrogen-bond acceptors (Lipinski definition) is 8. The van der Waals surface area contributed by atoms with E-state index in [-0.39, 0.29) is 6.10 Å². The Bertz CT molecular complexity index is 1050. The van der Waals surface area contributed by atoms with Crippen LogP contribution in [-0.4, -0.2) is 60.0 Å². The molecule has 0 bridgehead atoms. The zero-order valence-corrected chi connectivity index (χ0v) is 22.7. The molecule has 0 aliphatic carbocycles. The molecule has 7 nitrogen and oxygen atoms in total. The normalized spacial score (nSPS) is 17.7. The number of ether oxygens (including phenoxy) is 3. The quantitative estimate of drug-likeness (QED) is 0.295. The van der Waals surface area contributed by atoms with Crippen LogP contribution in [0, 0.1) is 0 Å². The van der Waals surface area contributed by atoms with E-state index in [9.17, 15) is 0 Å². The molecular weight excluding hydrogens is 484 g/mol. The SMILES string of the molecule is CCc1ccc(Nc2ncnc(/C=C(\C)OCC3CN(SC)CCCO3)c2/C=C(\C)OC)cc1Cl. The molecule has 1 fully saturated rings. The zero-order valence-electron chi connectivity index (χ0n) is 21.1. The highest BCUT2D eigenvalue weighted by atomic mass is 35.5. The number of anilines is 2. The average molecular weight is 519 g/mol. The summed E-state index contributed by atoms with van der Waals surface area (Å²) in [4.78, 5) is 9.00. The largest absolute Gasteiger partial charge is 0.501 e. The van der Waals surface area contributed by atoms with E-state index in [1.807, 2.05) is 44.2 Å². The molecule has 0 spiro atoms. The Morgan fingerprint density at radius 2 is 2.11 bits per heavy atom. The highest BCUT2D eigenvalue weighted by Gasteiger charge is 2.19. The van der Waals surface area contributed by atoms with Gasteiger partial charge in [-0.2, -0.15) is 0 Å². The lowest BCUT2D eigenvalue weighted by Gasteiger charge is -2.21. The van der Waals surface area contributed by atoms with Crippen LogP contribution in [0.3, 0.4) is 0 Å². The van der Waals surface area contributed by atoms with Crippen LogP contribution in [0.4, 0.5) is 11.5 Å². The summed E-state index contributed by atoms with van der Waals surface area (Å²) < 4.78 is 19.8. The summed E-state index contributed by atoms with van der Waals surface area (Å²) in [5.41, 5.74) is 3.47. The number of hydrogen-bond donors (Lipinski definition) is 1. The summed E-state index contributed by atoms with van der Waals surface area (Å²) in [6.07, 6.45) is 9.40. The Kier molecular flexibility index (Phi) is 10.7. The van der Waals surface area contributed by atoms with Crippen molar-refractivity contribution in [2.75, 3.05) is 45.0 Å². The average Bonchev–Trinajstić information content (AvgIpc) is 3.10. The van der Waals surface area contributed by atoms with Gasteiger partial charge in [-0.05, 0) is 56.7 Å². The van der Waals surface area contributed by atoms with Crippen LogP contribution in [0.25, 0.3) is 12.2 Å². The minimum absolute atomic E-state index is 0.0295. The molecule has 0 radical (unpaired) electrons. The van der Waals surface area contributed by atoms with Gasteiger partial charge in [-0.3, -0.25) is 0 Å². The Morgan fingerprint density at radius 3 is 2.83 bits per heavy atom. The highest BCUT2D eigenvalue weighted by molar-refractivity contribution is 7.96. The predicted molar refractivity (Wildman–Crippen MR) is 146 cm³/mol. The van der Waals surface area contributed by atoms with Gasteiger partial charge in [-0.15, -0.1) is 0 Å². The van der Waals surface area contributed by atoms with Crippen LogP contribution < -0.4 is 5.32 Å². The number of benzene rings is 1. The molecule has 190 valence electrons. The van der Waals surface area contributed by atoms with Crippen LogP contribution in [-0.2, 0) is 20.6 Å². The molecule has 1 saturated heterocycles. The molecule has 0 amide bonds. The number of aromatic nitrogens is 2. The van der Waals surface area contributed by atoms with Crippen molar-refractivity contribution in [1.29, 1.82) is 0 Å². The van der Waals surface area contributed by atoms with Gasteiger partial charge in [0.15, 0.2) is 0 Å². The van der Waals surface area contributed by atoms with Crippen molar-refractivity contribution in [1.82, 2.24) is 14.3 Å². The fraction of sp³-hybridized carbons (Fsp3) is 0.462. The van der Waals surface area contributed by atoms with Gasteiger partial charge in [0.2, 0.25) is 0 Å². The van der Waals surface area contributed by atoms with Crippen molar-refractivity contribution < 1.29 is 14.2 Å². The monoisotopic (exact) mass is 518 g/mol. The number of rotatable bonds is 10. The molecule has 1 aliphatic rings. The molecule has 9 heteroatoms. The predicted octanol–water partition coefficient (Wildman–Crippen LogP) is 6.19. The minimum atomic E-state index is 0.0295. The first kappa shape index (κ1) is 27.3. The molecule has 2 aromatic rings. The van der Waals surface area contributed by atoms with Crippen molar-refractivity contribution >= 4 is 47.2 Å². The van der Waals surface area contributed by atoms with Crippen molar-refractivity contribution in [3.05, 3.63) is 57.9 Å². The number of nitrogens with zero attached hydrogens (tertiary/aromatic N) is 3. The van der Waals surface area contributed by atoms with E-state index in [1.165, 1.54) is 6.33 Å². The third-order valence-corrected chi connectivity index (χ3v) is 6.89. The lowest BCUT2D eigenvalue weighted by Crippen LogP contribution is -2.30. The van der Waals surface area contributed by atoms with E-state index in [2.05, 4.69) is 32.8 Å². The van der Waals surface area contributed by atoms with E-state index < -0.39 is 0 Å². The van der Waals surface area contributed by atoms with Crippen molar-refractivity contribution in [2.45, 2.75) is 39.7 Å². The maximum Gasteiger partial charge on any atom is 0.141 e. The Labute approximate surface area is 218 Å². The smallest absolute Gasteiger partial charge is 0.141 e. The molecule has 35 heavy (non-hydrogen) atoms. The number of halogens is 1. The standard InChI is InChI=1S/C26H35ClN4O3S/c1-6-20-8-9-21(14-24(20)27)30-26-23(12-18(2)32-4)25(28-17-29-26)13-19(3)34-16-22-15-31(35-5)10-7-11-33-22/h8-9,12-14,17,22H,6-7,10-11,15-16H2,1-5H3,(H,28,29,30)/b18-12+,19-13+. The number of methoxy groups -OCH3 is 1. The Morgan fingerprint density at radius 1 is 1.29 bits per heavy atom. The summed E-state index contributed by atoms with van der Waals surface area (Å²) >= 11 is 8.17. The third kappa shape index (κ3) is 8.14. The first-order valence-corrected chi connectivity index (χ1v) is 13.3. The third-order valence-electron chi connectivity index (χ3n) is 5.69. The van der Waals surface area contributed by atoms with Gasteiger partial charge in [-0.25, -0.2) is 14.3 Å². The first-order valence-electron chi connectivity index (χ1n) is 11.8. The molecule has 1 aromatic heterocycles. The molecular formula is C26H35ClN4O3S. The van der Waals surface area contributed by atoms with Gasteiger partial charge in [-0.1, -0.05) is 36.5 Å². The van der Waals surface area contributed by atoms with E-state index in [0.717, 1.165) is 71.6 Å². The van der Waals surface area contributed by atoms with Crippen LogP contribution >= 0.6 is 23.5 Å². The zero-order chi connectivity index (χ0) is 25.2. The summed E-state index contributed by atoms with van der Waals surface area (Å²) in [5, 5.41) is 4.10. The molecule has 1 aromatic carbocycles. The maximum atomic E-state index is 6.42. The molecule has 1 atom stereocenters. The summed E-state index contributed by atoms with van der Waals surface area (Å²) in [5.74, 6) is 2.14. The summed E-state index contributed by atoms with van der Waals surface area (Å²) in [6, 6.07) is 5.93. The second kappa shape index (κ2) is 13.7. The lowest BCUT2D eigenvalue weighted by atomic mass is 10.1. The van der Waals surface area contributed by atoms with Crippen molar-refractivity contribution in [3.8, 4) is 0 Å². The fourth-order valence-electron chi connectivity index (χ4n) is 3.66. The van der Waals surface area contributed by atoms with E-state index in [1.54, 1.807) is 19.1 Å². The van der Waals surface area contributed by atoms with Crippen LogP contribution in [0.15, 0.2) is 36.0 Å². The van der Waals surface area contributed by atoms with Crippen LogP contribution in [0.5, 0.6) is 0 Å². The van der Waals surface area contributed by atoms with Crippen molar-refractivity contribution in [2.24, 2.45) is 0 Å². The molecule has 3 rings (SSSR count). The van der Waals surface area contributed by atoms with E-state index in [4.69, 9.17) is 25.8 Å². The number of allylic oxidation sites excluding steroid dienone is 2. The Balaban J connectivity index is 1.82. The second-order valence-corrected chi connectivity index (χ2v) is 9.54. The fourth-order valence-corrected chi connectivity index (χ4v) is 4.61. The van der Waals surface area contributed by atoms with Gasteiger partial charge in [0, 0.05) is 42.0 Å². The van der Waals surface area contributed by atoms with Gasteiger partial charge >= 0.3 is 0 Å². The van der Waals surface area contributed by atoms with Gasteiger partial charge in [0.25, 0.3) is 0 Å². The molecule has 0 saturated carbocycles. The van der Waals surface area contributed by atoms with E-state index in [0.29, 0.717) is 12.4 Å². The highest BCUT2D eigenvalue weighted by Crippen LogP contribution is 2.28. The maximum absolute atomic E-state index is 6.42. The Hall–Kier alpha value is -2.26. The van der Waals surface area contributed by atoms with Gasteiger partial charge in [0.05, 0.1) is 24.3 Å². The van der Waals surface area contributed by atoms with Gasteiger partial charge < -0.3 is 19.5 Å².